The number of carbonyl (C=O) groups is 2. The molecule has 6 heteroatoms. The maximum atomic E-state index is 12.2. The summed E-state index contributed by atoms with van der Waals surface area (Å²) >= 11 is 11.7. The van der Waals surface area contributed by atoms with Gasteiger partial charge in [-0.05, 0) is 60.7 Å². The Kier molecular flexibility index (Phi) is 4.15. The van der Waals surface area contributed by atoms with Crippen LogP contribution in [-0.2, 0) is 19.1 Å². The van der Waals surface area contributed by atoms with Gasteiger partial charge in [0.2, 0.25) is 0 Å². The fourth-order valence-corrected chi connectivity index (χ4v) is 2.89. The number of benzene rings is 2. The number of cyclic esters (lactones) is 2. The molecule has 0 aromatic heterocycles. The molecule has 26 heavy (non-hydrogen) atoms. The second-order valence-corrected chi connectivity index (χ2v) is 6.51. The summed E-state index contributed by atoms with van der Waals surface area (Å²) in [6, 6.07) is 13.7. The number of esters is 2. The van der Waals surface area contributed by atoms with E-state index in [0.717, 1.165) is 0 Å². The quantitative estimate of drug-likeness (QED) is 0.551. The van der Waals surface area contributed by atoms with Crippen LogP contribution in [0.3, 0.4) is 0 Å². The third-order valence-corrected chi connectivity index (χ3v) is 4.45. The van der Waals surface area contributed by atoms with Crippen molar-refractivity contribution in [2.75, 3.05) is 0 Å². The minimum atomic E-state index is -0.601. The molecule has 0 amide bonds. The molecule has 2 aromatic rings. The van der Waals surface area contributed by atoms with Gasteiger partial charge in [-0.2, -0.15) is 0 Å². The first-order valence-electron chi connectivity index (χ1n) is 7.65. The van der Waals surface area contributed by atoms with Gasteiger partial charge in [-0.1, -0.05) is 23.2 Å². The van der Waals surface area contributed by atoms with Crippen molar-refractivity contribution in [3.63, 3.8) is 0 Å². The number of hydrogen-bond donors (Lipinski definition) is 0. The lowest BCUT2D eigenvalue weighted by Gasteiger charge is -2.01. The first-order valence-corrected chi connectivity index (χ1v) is 8.41. The van der Waals surface area contributed by atoms with Crippen LogP contribution in [0.25, 0.3) is 11.5 Å². The zero-order valence-corrected chi connectivity index (χ0v) is 14.7. The van der Waals surface area contributed by atoms with Gasteiger partial charge in [-0.15, -0.1) is 0 Å². The Labute approximate surface area is 158 Å². The fraction of sp³-hybridized carbons (Fsp3) is 0. The van der Waals surface area contributed by atoms with Crippen molar-refractivity contribution in [2.45, 2.75) is 0 Å². The van der Waals surface area contributed by atoms with E-state index in [0.29, 0.717) is 32.7 Å². The van der Waals surface area contributed by atoms with Crippen molar-refractivity contribution in [2.24, 2.45) is 0 Å². The predicted molar refractivity (Wildman–Crippen MR) is 98.1 cm³/mol. The second kappa shape index (κ2) is 6.48. The molecule has 0 radical (unpaired) electrons. The lowest BCUT2D eigenvalue weighted by Crippen LogP contribution is -2.05. The highest BCUT2D eigenvalue weighted by Gasteiger charge is 2.32. The second-order valence-electron chi connectivity index (χ2n) is 5.64. The standard InChI is InChI=1S/C20H10Cl2O4/c21-13-5-1-11(2-6-13)17-9-15(19(23)25-17)16-10-18(26-20(16)24)12-3-7-14(22)8-4-12/h1-10H/b16-15+. The Balaban J connectivity index is 1.73. The summed E-state index contributed by atoms with van der Waals surface area (Å²) in [5.41, 5.74) is 1.69. The third-order valence-electron chi connectivity index (χ3n) is 3.94. The first-order chi connectivity index (χ1) is 12.5. The van der Waals surface area contributed by atoms with Gasteiger partial charge in [0.1, 0.15) is 11.5 Å². The molecule has 128 valence electrons. The van der Waals surface area contributed by atoms with Crippen molar-refractivity contribution >= 4 is 46.7 Å². The minimum Gasteiger partial charge on any atom is -0.422 e. The maximum Gasteiger partial charge on any atom is 0.344 e. The lowest BCUT2D eigenvalue weighted by molar-refractivity contribution is -0.133. The molecule has 2 heterocycles. The molecule has 0 spiro atoms. The zero-order valence-electron chi connectivity index (χ0n) is 13.2. The van der Waals surface area contributed by atoms with Crippen molar-refractivity contribution in [1.82, 2.24) is 0 Å². The Morgan fingerprint density at radius 2 is 0.923 bits per heavy atom. The van der Waals surface area contributed by atoms with Crippen molar-refractivity contribution in [1.29, 1.82) is 0 Å². The van der Waals surface area contributed by atoms with E-state index in [2.05, 4.69) is 0 Å². The van der Waals surface area contributed by atoms with Crippen molar-refractivity contribution in [3.05, 3.63) is 93.0 Å². The molecule has 2 aliphatic heterocycles. The highest BCUT2D eigenvalue weighted by Crippen LogP contribution is 2.34. The van der Waals surface area contributed by atoms with Crippen LogP contribution < -0.4 is 0 Å². The molecule has 2 aliphatic rings. The number of halogens is 2. The molecule has 0 saturated carbocycles. The largest absolute Gasteiger partial charge is 0.422 e. The topological polar surface area (TPSA) is 52.6 Å². The fourth-order valence-electron chi connectivity index (χ4n) is 2.64. The van der Waals surface area contributed by atoms with Gasteiger partial charge in [-0.3, -0.25) is 0 Å². The van der Waals surface area contributed by atoms with E-state index < -0.39 is 11.9 Å². The molecule has 0 bridgehead atoms. The van der Waals surface area contributed by atoms with E-state index in [1.54, 1.807) is 48.5 Å². The molecule has 4 rings (SSSR count). The average Bonchev–Trinajstić information content (AvgIpc) is 3.19. The summed E-state index contributed by atoms with van der Waals surface area (Å²) < 4.78 is 10.6. The van der Waals surface area contributed by atoms with Gasteiger partial charge in [0.15, 0.2) is 0 Å². The molecule has 4 nitrogen and oxygen atoms in total. The van der Waals surface area contributed by atoms with Gasteiger partial charge in [0.05, 0.1) is 11.1 Å². The summed E-state index contributed by atoms with van der Waals surface area (Å²) in [5, 5.41) is 1.15. The summed E-state index contributed by atoms with van der Waals surface area (Å²) in [6.45, 7) is 0. The van der Waals surface area contributed by atoms with Crippen LogP contribution >= 0.6 is 23.2 Å². The average molecular weight is 385 g/mol. The number of ether oxygens (including phenoxy) is 2. The Hall–Kier alpha value is -2.82. The molecule has 0 atom stereocenters. The molecule has 0 unspecified atom stereocenters. The molecular formula is C20H10Cl2O4. The van der Waals surface area contributed by atoms with Gasteiger partial charge in [0.25, 0.3) is 0 Å². The maximum absolute atomic E-state index is 12.2. The first kappa shape index (κ1) is 16.6. The van der Waals surface area contributed by atoms with E-state index in [9.17, 15) is 9.59 Å². The van der Waals surface area contributed by atoms with Gasteiger partial charge >= 0.3 is 11.9 Å². The van der Waals surface area contributed by atoms with Crippen LogP contribution in [0.1, 0.15) is 11.1 Å². The van der Waals surface area contributed by atoms with Gasteiger partial charge in [0, 0.05) is 21.2 Å². The van der Waals surface area contributed by atoms with Gasteiger partial charge in [-0.25, -0.2) is 9.59 Å². The summed E-state index contributed by atoms with van der Waals surface area (Å²) in [4.78, 5) is 24.5. The number of carbonyl (C=O) groups excluding carboxylic acids is 2. The van der Waals surface area contributed by atoms with Crippen LogP contribution in [0.4, 0.5) is 0 Å². The van der Waals surface area contributed by atoms with Crippen LogP contribution in [0.5, 0.6) is 0 Å². The normalized spacial score (nSPS) is 19.2. The predicted octanol–water partition coefficient (Wildman–Crippen LogP) is 4.79. The summed E-state index contributed by atoms with van der Waals surface area (Å²) in [6.07, 6.45) is 3.06. The third kappa shape index (κ3) is 3.05. The van der Waals surface area contributed by atoms with Crippen LogP contribution in [0.2, 0.25) is 10.0 Å². The van der Waals surface area contributed by atoms with Crippen molar-refractivity contribution in [3.8, 4) is 0 Å². The zero-order chi connectivity index (χ0) is 18.3. The molecule has 0 N–H and O–H groups in total. The van der Waals surface area contributed by atoms with E-state index >= 15 is 0 Å². The van der Waals surface area contributed by atoms with Gasteiger partial charge < -0.3 is 9.47 Å². The van der Waals surface area contributed by atoms with E-state index in [1.807, 2.05) is 0 Å². The molecule has 0 aliphatic carbocycles. The van der Waals surface area contributed by atoms with E-state index in [4.69, 9.17) is 32.7 Å². The SMILES string of the molecule is O=C1OC(c2ccc(Cl)cc2)=C/C1=C1/C=C(c2ccc(Cl)cc2)OC1=O. The summed E-state index contributed by atoms with van der Waals surface area (Å²) in [7, 11) is 0. The Bertz CT molecular complexity index is 929. The van der Waals surface area contributed by atoms with E-state index in [1.165, 1.54) is 12.2 Å². The molecule has 0 saturated heterocycles. The molecule has 2 aromatic carbocycles. The van der Waals surface area contributed by atoms with E-state index in [-0.39, 0.29) is 11.1 Å². The van der Waals surface area contributed by atoms with Crippen LogP contribution in [-0.4, -0.2) is 11.9 Å². The highest BCUT2D eigenvalue weighted by atomic mass is 35.5. The molecule has 0 fully saturated rings. The smallest absolute Gasteiger partial charge is 0.344 e. The number of rotatable bonds is 2. The lowest BCUT2D eigenvalue weighted by atomic mass is 10.1. The van der Waals surface area contributed by atoms with Crippen molar-refractivity contribution < 1.29 is 19.1 Å². The Morgan fingerprint density at radius 1 is 0.577 bits per heavy atom. The minimum absolute atomic E-state index is 0.156. The van der Waals surface area contributed by atoms with Crippen LogP contribution in [0, 0.1) is 0 Å². The highest BCUT2D eigenvalue weighted by molar-refractivity contribution is 6.30. The van der Waals surface area contributed by atoms with Crippen LogP contribution in [0.15, 0.2) is 71.8 Å². The summed E-state index contributed by atoms with van der Waals surface area (Å²) in [5.74, 6) is -0.489. The number of hydrogen-bond acceptors (Lipinski definition) is 4. The monoisotopic (exact) mass is 384 g/mol. The molecular weight excluding hydrogens is 375 g/mol. The Morgan fingerprint density at radius 3 is 1.27 bits per heavy atom.